The van der Waals surface area contributed by atoms with Crippen molar-refractivity contribution in [2.24, 2.45) is 0 Å². The number of carbonyl (C=O) groups excluding carboxylic acids is 1. The van der Waals surface area contributed by atoms with Crippen LogP contribution in [0.15, 0.2) is 30.3 Å². The summed E-state index contributed by atoms with van der Waals surface area (Å²) in [6, 6.07) is 9.37. The Morgan fingerprint density at radius 3 is 2.17 bits per heavy atom. The number of hydrogen-bond donors (Lipinski definition) is 1. The highest BCUT2D eigenvalue weighted by molar-refractivity contribution is 6.18. The fourth-order valence-corrected chi connectivity index (χ4v) is 1.91. The number of nitrogens with one attached hydrogen (secondary N) is 1. The summed E-state index contributed by atoms with van der Waals surface area (Å²) in [7, 11) is 0. The van der Waals surface area contributed by atoms with Gasteiger partial charge in [-0.05, 0) is 12.1 Å². The van der Waals surface area contributed by atoms with Crippen molar-refractivity contribution in [2.45, 2.75) is 0 Å². The van der Waals surface area contributed by atoms with E-state index in [9.17, 15) is 4.79 Å². The van der Waals surface area contributed by atoms with Gasteiger partial charge in [0.2, 0.25) is 5.91 Å². The van der Waals surface area contributed by atoms with E-state index in [-0.39, 0.29) is 18.3 Å². The Bertz CT molecular complexity index is 329. The van der Waals surface area contributed by atoms with Crippen LogP contribution >= 0.6 is 35.6 Å². The van der Waals surface area contributed by atoms with Crippen LogP contribution in [-0.4, -0.2) is 42.2 Å². The standard InChI is InChI=1S/C12H16Cl2N2O.ClH/c13-6-8-16(9-7-14)10-12(17)15-11-4-2-1-3-5-11;/h1-5H,6-10H2,(H,15,17);1H. The smallest absolute Gasteiger partial charge is 0.238 e. The molecule has 0 aromatic heterocycles. The van der Waals surface area contributed by atoms with Crippen molar-refractivity contribution in [2.75, 3.05) is 36.7 Å². The number of alkyl halides is 2. The van der Waals surface area contributed by atoms with Crippen LogP contribution in [0.3, 0.4) is 0 Å². The van der Waals surface area contributed by atoms with Gasteiger partial charge >= 0.3 is 0 Å². The second kappa shape index (κ2) is 10.4. The van der Waals surface area contributed by atoms with Crippen molar-refractivity contribution in [3.05, 3.63) is 30.3 Å². The first-order chi connectivity index (χ1) is 8.26. The van der Waals surface area contributed by atoms with Gasteiger partial charge in [0.05, 0.1) is 6.54 Å². The largest absolute Gasteiger partial charge is 0.325 e. The van der Waals surface area contributed by atoms with Crippen molar-refractivity contribution in [1.82, 2.24) is 4.90 Å². The topological polar surface area (TPSA) is 32.3 Å². The van der Waals surface area contributed by atoms with E-state index in [1.165, 1.54) is 0 Å². The van der Waals surface area contributed by atoms with Crippen LogP contribution in [0.5, 0.6) is 0 Å². The Morgan fingerprint density at radius 2 is 1.67 bits per heavy atom. The van der Waals surface area contributed by atoms with E-state index in [2.05, 4.69) is 5.32 Å². The molecule has 102 valence electrons. The van der Waals surface area contributed by atoms with Gasteiger partial charge in [-0.25, -0.2) is 0 Å². The Labute approximate surface area is 124 Å². The molecule has 3 nitrogen and oxygen atoms in total. The number of hydrogen-bond acceptors (Lipinski definition) is 2. The lowest BCUT2D eigenvalue weighted by atomic mass is 10.3. The fourth-order valence-electron chi connectivity index (χ4n) is 1.43. The average molecular weight is 312 g/mol. The van der Waals surface area contributed by atoms with Crippen LogP contribution < -0.4 is 5.32 Å². The fraction of sp³-hybridized carbons (Fsp3) is 0.417. The van der Waals surface area contributed by atoms with Gasteiger partial charge in [-0.1, -0.05) is 18.2 Å². The lowest BCUT2D eigenvalue weighted by molar-refractivity contribution is -0.117. The molecule has 1 amide bonds. The summed E-state index contributed by atoms with van der Waals surface area (Å²) >= 11 is 11.3. The second-order valence-electron chi connectivity index (χ2n) is 3.57. The highest BCUT2D eigenvalue weighted by atomic mass is 35.5. The van der Waals surface area contributed by atoms with Crippen molar-refractivity contribution in [3.63, 3.8) is 0 Å². The minimum absolute atomic E-state index is 0. The van der Waals surface area contributed by atoms with E-state index in [1.54, 1.807) is 0 Å². The quantitative estimate of drug-likeness (QED) is 0.785. The molecule has 1 aromatic rings. The lowest BCUT2D eigenvalue weighted by Gasteiger charge is -2.19. The maximum absolute atomic E-state index is 11.7. The minimum atomic E-state index is -0.0496. The molecule has 0 saturated carbocycles. The molecule has 0 unspecified atom stereocenters. The van der Waals surface area contributed by atoms with Crippen LogP contribution in [0.1, 0.15) is 0 Å². The molecule has 18 heavy (non-hydrogen) atoms. The Balaban J connectivity index is 0.00000289. The van der Waals surface area contributed by atoms with Crippen LogP contribution in [0.25, 0.3) is 0 Å². The molecule has 1 aromatic carbocycles. The molecule has 0 aliphatic heterocycles. The molecule has 0 saturated heterocycles. The summed E-state index contributed by atoms with van der Waals surface area (Å²) < 4.78 is 0. The highest BCUT2D eigenvalue weighted by Gasteiger charge is 2.09. The summed E-state index contributed by atoms with van der Waals surface area (Å²) in [4.78, 5) is 13.7. The van der Waals surface area contributed by atoms with Crippen LogP contribution in [-0.2, 0) is 4.79 Å². The van der Waals surface area contributed by atoms with Crippen molar-refractivity contribution in [1.29, 1.82) is 0 Å². The maximum atomic E-state index is 11.7. The number of anilines is 1. The first kappa shape index (κ1) is 17.5. The zero-order valence-electron chi connectivity index (χ0n) is 9.94. The number of nitrogens with zero attached hydrogens (tertiary/aromatic N) is 1. The van der Waals surface area contributed by atoms with E-state index in [0.717, 1.165) is 5.69 Å². The molecule has 1 N–H and O–H groups in total. The van der Waals surface area contributed by atoms with Gasteiger partial charge in [0.1, 0.15) is 0 Å². The molecular weight excluding hydrogens is 295 g/mol. The van der Waals surface area contributed by atoms with E-state index in [4.69, 9.17) is 23.2 Å². The second-order valence-corrected chi connectivity index (χ2v) is 4.32. The molecule has 0 heterocycles. The Hall–Kier alpha value is -0.480. The summed E-state index contributed by atoms with van der Waals surface area (Å²) in [6.45, 7) is 1.64. The first-order valence-corrected chi connectivity index (χ1v) is 6.52. The Morgan fingerprint density at radius 1 is 1.11 bits per heavy atom. The zero-order valence-corrected chi connectivity index (χ0v) is 12.3. The van der Waals surface area contributed by atoms with Gasteiger partial charge in [0.25, 0.3) is 0 Å². The van der Waals surface area contributed by atoms with Gasteiger partial charge in [0, 0.05) is 30.5 Å². The van der Waals surface area contributed by atoms with E-state index in [0.29, 0.717) is 31.4 Å². The number of para-hydroxylation sites is 1. The van der Waals surface area contributed by atoms with E-state index >= 15 is 0 Å². The molecule has 0 aliphatic rings. The highest BCUT2D eigenvalue weighted by Crippen LogP contribution is 2.05. The van der Waals surface area contributed by atoms with E-state index in [1.807, 2.05) is 35.2 Å². The van der Waals surface area contributed by atoms with Crippen molar-refractivity contribution >= 4 is 47.2 Å². The molecule has 0 aliphatic carbocycles. The van der Waals surface area contributed by atoms with Crippen molar-refractivity contribution in [3.8, 4) is 0 Å². The third kappa shape index (κ3) is 7.07. The molecule has 1 rings (SSSR count). The Kier molecular flexibility index (Phi) is 10.2. The van der Waals surface area contributed by atoms with Gasteiger partial charge in [-0.3, -0.25) is 9.69 Å². The predicted octanol–water partition coefficient (Wildman–Crippen LogP) is 2.83. The summed E-state index contributed by atoms with van der Waals surface area (Å²) in [5.74, 6) is 0.941. The van der Waals surface area contributed by atoms with Gasteiger partial charge < -0.3 is 5.32 Å². The average Bonchev–Trinajstić information content (AvgIpc) is 2.30. The third-order valence-electron chi connectivity index (χ3n) is 2.23. The third-order valence-corrected chi connectivity index (χ3v) is 2.56. The first-order valence-electron chi connectivity index (χ1n) is 5.45. The molecule has 0 atom stereocenters. The SMILES string of the molecule is Cl.O=C(CN(CCCl)CCCl)Nc1ccccc1. The number of rotatable bonds is 7. The molecular formula is C12H17Cl3N2O. The molecule has 0 fully saturated rings. The number of halogens is 3. The van der Waals surface area contributed by atoms with E-state index < -0.39 is 0 Å². The van der Waals surface area contributed by atoms with Crippen LogP contribution in [0, 0.1) is 0 Å². The van der Waals surface area contributed by atoms with Crippen LogP contribution in [0.2, 0.25) is 0 Å². The monoisotopic (exact) mass is 310 g/mol. The summed E-state index contributed by atoms with van der Waals surface area (Å²) in [5, 5.41) is 2.82. The van der Waals surface area contributed by atoms with Gasteiger partial charge in [-0.15, -0.1) is 35.6 Å². The molecule has 0 bridgehead atoms. The van der Waals surface area contributed by atoms with Gasteiger partial charge in [0.15, 0.2) is 0 Å². The van der Waals surface area contributed by atoms with Crippen molar-refractivity contribution < 1.29 is 4.79 Å². The normalized spacial score (nSPS) is 9.94. The lowest BCUT2D eigenvalue weighted by Crippen LogP contribution is -2.35. The number of carbonyl (C=O) groups is 1. The summed E-state index contributed by atoms with van der Waals surface area (Å²) in [5.41, 5.74) is 0.800. The molecule has 0 spiro atoms. The van der Waals surface area contributed by atoms with Crippen LogP contribution in [0.4, 0.5) is 5.69 Å². The summed E-state index contributed by atoms with van der Waals surface area (Å²) in [6.07, 6.45) is 0. The van der Waals surface area contributed by atoms with Gasteiger partial charge in [-0.2, -0.15) is 0 Å². The minimum Gasteiger partial charge on any atom is -0.325 e. The maximum Gasteiger partial charge on any atom is 0.238 e. The molecule has 0 radical (unpaired) electrons. The molecule has 6 heteroatoms. The zero-order chi connectivity index (χ0) is 12.5. The predicted molar refractivity (Wildman–Crippen MR) is 80.2 cm³/mol. The number of amides is 1. The number of benzene rings is 1.